The van der Waals surface area contributed by atoms with Crippen LogP contribution in [-0.2, 0) is 24.2 Å². The number of anilines is 1. The highest BCUT2D eigenvalue weighted by atomic mass is 32.1. The second-order valence-corrected chi connectivity index (χ2v) is 5.88. The van der Waals surface area contributed by atoms with Gasteiger partial charge < -0.3 is 10.6 Å². The SMILES string of the molecule is CCc1nc2n(n1)C[C@@H](NCC(=O)Nc1nccs1)CC2. The van der Waals surface area contributed by atoms with Crippen molar-refractivity contribution < 1.29 is 4.79 Å². The highest BCUT2D eigenvalue weighted by Gasteiger charge is 2.21. The summed E-state index contributed by atoms with van der Waals surface area (Å²) in [6.07, 6.45) is 4.41. The first-order chi connectivity index (χ1) is 10.2. The highest BCUT2D eigenvalue weighted by Crippen LogP contribution is 2.13. The first-order valence-corrected chi connectivity index (χ1v) is 7.98. The fourth-order valence-corrected chi connectivity index (χ4v) is 2.91. The first-order valence-electron chi connectivity index (χ1n) is 7.10. The number of amides is 1. The van der Waals surface area contributed by atoms with Gasteiger partial charge in [0.1, 0.15) is 5.82 Å². The van der Waals surface area contributed by atoms with E-state index >= 15 is 0 Å². The lowest BCUT2D eigenvalue weighted by Gasteiger charge is -2.23. The summed E-state index contributed by atoms with van der Waals surface area (Å²) in [7, 11) is 0. The molecule has 0 saturated heterocycles. The van der Waals surface area contributed by atoms with Crippen LogP contribution in [0.3, 0.4) is 0 Å². The molecular weight excluding hydrogens is 288 g/mol. The highest BCUT2D eigenvalue weighted by molar-refractivity contribution is 7.13. The molecular formula is C13H18N6OS. The first kappa shape index (κ1) is 14.2. The van der Waals surface area contributed by atoms with Gasteiger partial charge in [-0.3, -0.25) is 4.79 Å². The van der Waals surface area contributed by atoms with Gasteiger partial charge in [-0.1, -0.05) is 6.92 Å². The molecule has 0 spiro atoms. The molecule has 3 heterocycles. The topological polar surface area (TPSA) is 84.7 Å². The van der Waals surface area contributed by atoms with Gasteiger partial charge in [-0.05, 0) is 6.42 Å². The third-order valence-corrected chi connectivity index (χ3v) is 4.14. The molecule has 2 N–H and O–H groups in total. The number of nitrogens with one attached hydrogen (secondary N) is 2. The number of fused-ring (bicyclic) bond motifs is 1. The van der Waals surface area contributed by atoms with Crippen molar-refractivity contribution in [1.82, 2.24) is 25.1 Å². The molecule has 0 saturated carbocycles. The van der Waals surface area contributed by atoms with Crippen molar-refractivity contribution in [1.29, 1.82) is 0 Å². The van der Waals surface area contributed by atoms with Gasteiger partial charge in [0, 0.05) is 30.5 Å². The van der Waals surface area contributed by atoms with Gasteiger partial charge in [0.15, 0.2) is 11.0 Å². The molecule has 0 bridgehead atoms. The molecule has 0 fully saturated rings. The Morgan fingerprint density at radius 3 is 3.24 bits per heavy atom. The Balaban J connectivity index is 1.49. The van der Waals surface area contributed by atoms with Crippen LogP contribution in [0.5, 0.6) is 0 Å². The average molecular weight is 306 g/mol. The van der Waals surface area contributed by atoms with Crippen LogP contribution < -0.4 is 10.6 Å². The van der Waals surface area contributed by atoms with Gasteiger partial charge in [0.25, 0.3) is 0 Å². The zero-order valence-electron chi connectivity index (χ0n) is 11.9. The summed E-state index contributed by atoms with van der Waals surface area (Å²) >= 11 is 1.42. The van der Waals surface area contributed by atoms with Crippen LogP contribution in [0.15, 0.2) is 11.6 Å². The van der Waals surface area contributed by atoms with Crippen molar-refractivity contribution in [2.24, 2.45) is 0 Å². The van der Waals surface area contributed by atoms with Crippen molar-refractivity contribution in [3.05, 3.63) is 23.2 Å². The van der Waals surface area contributed by atoms with E-state index in [1.165, 1.54) is 11.3 Å². The molecule has 1 aliphatic heterocycles. The zero-order valence-corrected chi connectivity index (χ0v) is 12.7. The van der Waals surface area contributed by atoms with E-state index in [1.54, 1.807) is 6.20 Å². The molecule has 8 heteroatoms. The van der Waals surface area contributed by atoms with E-state index in [4.69, 9.17) is 0 Å². The standard InChI is InChI=1S/C13H18N6OS/c1-2-10-16-11-4-3-9(8-19(11)18-10)15-7-12(20)17-13-14-5-6-21-13/h5-6,9,15H,2-4,7-8H2,1H3,(H,14,17,20)/t9-/m0/s1. The van der Waals surface area contributed by atoms with E-state index in [0.717, 1.165) is 37.5 Å². The number of carbonyl (C=O) groups excluding carboxylic acids is 1. The number of hydrogen-bond donors (Lipinski definition) is 2. The summed E-state index contributed by atoms with van der Waals surface area (Å²) < 4.78 is 1.96. The van der Waals surface area contributed by atoms with Crippen LogP contribution in [0.1, 0.15) is 25.0 Å². The minimum atomic E-state index is -0.0661. The monoisotopic (exact) mass is 306 g/mol. The number of thiazole rings is 1. The van der Waals surface area contributed by atoms with E-state index in [2.05, 4.69) is 32.6 Å². The minimum Gasteiger partial charge on any atom is -0.304 e. The Hall–Kier alpha value is -1.80. The van der Waals surface area contributed by atoms with Crippen LogP contribution in [0.2, 0.25) is 0 Å². The molecule has 0 radical (unpaired) electrons. The normalized spacial score (nSPS) is 17.5. The molecule has 2 aromatic heterocycles. The molecule has 1 aliphatic rings. The van der Waals surface area contributed by atoms with E-state index in [-0.39, 0.29) is 18.5 Å². The smallest absolute Gasteiger partial charge is 0.240 e. The Morgan fingerprint density at radius 1 is 1.57 bits per heavy atom. The van der Waals surface area contributed by atoms with Crippen molar-refractivity contribution >= 4 is 22.4 Å². The second kappa shape index (κ2) is 6.31. The maximum atomic E-state index is 11.8. The van der Waals surface area contributed by atoms with E-state index in [0.29, 0.717) is 5.13 Å². The predicted molar refractivity (Wildman–Crippen MR) is 80.3 cm³/mol. The summed E-state index contributed by atoms with van der Waals surface area (Å²) in [6.45, 7) is 3.11. The van der Waals surface area contributed by atoms with Crippen LogP contribution in [0.4, 0.5) is 5.13 Å². The van der Waals surface area contributed by atoms with Gasteiger partial charge in [-0.25, -0.2) is 14.6 Å². The van der Waals surface area contributed by atoms with Gasteiger partial charge in [0.05, 0.1) is 13.1 Å². The van der Waals surface area contributed by atoms with Gasteiger partial charge in [-0.2, -0.15) is 5.10 Å². The molecule has 112 valence electrons. The van der Waals surface area contributed by atoms with Crippen LogP contribution in [0, 0.1) is 0 Å². The maximum Gasteiger partial charge on any atom is 0.240 e. The third kappa shape index (κ3) is 3.45. The number of hydrogen-bond acceptors (Lipinski definition) is 6. The largest absolute Gasteiger partial charge is 0.304 e. The number of nitrogens with zero attached hydrogens (tertiary/aromatic N) is 4. The Morgan fingerprint density at radius 2 is 2.48 bits per heavy atom. The number of carbonyl (C=O) groups is 1. The Kier molecular flexibility index (Phi) is 4.26. The molecule has 0 unspecified atom stereocenters. The molecule has 0 aliphatic carbocycles. The summed E-state index contributed by atoms with van der Waals surface area (Å²) in [4.78, 5) is 20.3. The van der Waals surface area contributed by atoms with E-state index in [9.17, 15) is 4.79 Å². The van der Waals surface area contributed by atoms with Crippen molar-refractivity contribution in [2.45, 2.75) is 38.8 Å². The van der Waals surface area contributed by atoms with Crippen LogP contribution in [-0.4, -0.2) is 38.2 Å². The summed E-state index contributed by atoms with van der Waals surface area (Å²) in [6, 6.07) is 0.256. The predicted octanol–water partition coefficient (Wildman–Crippen LogP) is 0.840. The van der Waals surface area contributed by atoms with E-state index < -0.39 is 0 Å². The fourth-order valence-electron chi connectivity index (χ4n) is 2.36. The van der Waals surface area contributed by atoms with Crippen molar-refractivity contribution in [3.8, 4) is 0 Å². The van der Waals surface area contributed by atoms with Gasteiger partial charge in [0.2, 0.25) is 5.91 Å². The lowest BCUT2D eigenvalue weighted by Crippen LogP contribution is -2.41. The third-order valence-electron chi connectivity index (χ3n) is 3.45. The number of aryl methyl sites for hydroxylation is 2. The Labute approximate surface area is 126 Å². The molecule has 2 aromatic rings. The van der Waals surface area contributed by atoms with Gasteiger partial charge in [-0.15, -0.1) is 11.3 Å². The van der Waals surface area contributed by atoms with Crippen molar-refractivity contribution in [2.75, 3.05) is 11.9 Å². The molecule has 3 rings (SSSR count). The molecule has 1 amide bonds. The molecule has 1 atom stereocenters. The van der Waals surface area contributed by atoms with Gasteiger partial charge >= 0.3 is 0 Å². The lowest BCUT2D eigenvalue weighted by atomic mass is 10.1. The van der Waals surface area contributed by atoms with Crippen molar-refractivity contribution in [3.63, 3.8) is 0 Å². The maximum absolute atomic E-state index is 11.8. The summed E-state index contributed by atoms with van der Waals surface area (Å²) in [5.74, 6) is 1.88. The fraction of sp³-hybridized carbons (Fsp3) is 0.538. The summed E-state index contributed by atoms with van der Waals surface area (Å²) in [5, 5.41) is 13.0. The molecule has 0 aromatic carbocycles. The lowest BCUT2D eigenvalue weighted by molar-refractivity contribution is -0.115. The second-order valence-electron chi connectivity index (χ2n) is 4.98. The molecule has 21 heavy (non-hydrogen) atoms. The summed E-state index contributed by atoms with van der Waals surface area (Å²) in [5.41, 5.74) is 0. The quantitative estimate of drug-likeness (QED) is 0.855. The van der Waals surface area contributed by atoms with E-state index in [1.807, 2.05) is 10.1 Å². The molecule has 7 nitrogen and oxygen atoms in total. The van der Waals surface area contributed by atoms with Crippen LogP contribution in [0.25, 0.3) is 0 Å². The minimum absolute atomic E-state index is 0.0661. The number of rotatable bonds is 5. The zero-order chi connectivity index (χ0) is 14.7. The van der Waals surface area contributed by atoms with Crippen LogP contribution >= 0.6 is 11.3 Å². The number of aromatic nitrogens is 4. The average Bonchev–Trinajstić information content (AvgIpc) is 3.13. The Bertz CT molecular complexity index is 608.